The van der Waals surface area contributed by atoms with Crippen molar-refractivity contribution in [2.24, 2.45) is 5.73 Å². The highest BCUT2D eigenvalue weighted by Crippen LogP contribution is 2.20. The smallest absolute Gasteiger partial charge is 0.239 e. The van der Waals surface area contributed by atoms with Crippen molar-refractivity contribution < 1.29 is 4.79 Å². The van der Waals surface area contributed by atoms with Crippen molar-refractivity contribution in [1.82, 2.24) is 4.90 Å². The van der Waals surface area contributed by atoms with E-state index in [-0.39, 0.29) is 5.91 Å². The molecule has 0 aromatic heterocycles. The van der Waals surface area contributed by atoms with Crippen molar-refractivity contribution in [2.45, 2.75) is 12.6 Å². The lowest BCUT2D eigenvalue weighted by atomic mass is 10.0. The van der Waals surface area contributed by atoms with Crippen LogP contribution in [0.2, 0.25) is 0 Å². The second kappa shape index (κ2) is 6.16. The van der Waals surface area contributed by atoms with E-state index in [1.807, 2.05) is 72.6 Å². The van der Waals surface area contributed by atoms with Crippen LogP contribution in [0, 0.1) is 0 Å². The van der Waals surface area contributed by atoms with Crippen LogP contribution in [0.1, 0.15) is 17.2 Å². The van der Waals surface area contributed by atoms with Gasteiger partial charge in [-0.25, -0.2) is 0 Å². The van der Waals surface area contributed by atoms with Gasteiger partial charge in [0.15, 0.2) is 0 Å². The molecule has 1 amide bonds. The SMILES string of the molecule is CN(Cc1ccccc1)[C@H](C(N)=O)c1ccccc1. The number of benzene rings is 2. The first-order chi connectivity index (χ1) is 9.18. The molecule has 0 heterocycles. The molecule has 0 aliphatic carbocycles. The molecule has 0 spiro atoms. The second-order valence-electron chi connectivity index (χ2n) is 4.62. The number of carbonyl (C=O) groups excluding carboxylic acids is 1. The Labute approximate surface area is 113 Å². The van der Waals surface area contributed by atoms with Gasteiger partial charge < -0.3 is 5.73 Å². The Morgan fingerprint density at radius 1 is 1.05 bits per heavy atom. The number of primary amides is 1. The van der Waals surface area contributed by atoms with Crippen molar-refractivity contribution in [2.75, 3.05) is 7.05 Å². The molecule has 0 aliphatic rings. The van der Waals surface area contributed by atoms with Crippen LogP contribution in [-0.4, -0.2) is 17.9 Å². The molecule has 0 unspecified atom stereocenters. The topological polar surface area (TPSA) is 46.3 Å². The molecule has 2 aromatic rings. The summed E-state index contributed by atoms with van der Waals surface area (Å²) in [6.45, 7) is 0.684. The van der Waals surface area contributed by atoms with Crippen LogP contribution in [0.25, 0.3) is 0 Å². The van der Waals surface area contributed by atoms with E-state index in [0.717, 1.165) is 11.1 Å². The largest absolute Gasteiger partial charge is 0.368 e. The molecule has 3 heteroatoms. The fourth-order valence-corrected chi connectivity index (χ4v) is 2.23. The van der Waals surface area contributed by atoms with E-state index in [4.69, 9.17) is 5.73 Å². The Bertz CT molecular complexity index is 525. The maximum atomic E-state index is 11.7. The van der Waals surface area contributed by atoms with Gasteiger partial charge in [-0.05, 0) is 18.2 Å². The number of nitrogens with two attached hydrogens (primary N) is 1. The minimum absolute atomic E-state index is 0.329. The standard InChI is InChI=1S/C16H18N2O/c1-18(12-13-8-4-2-5-9-13)15(16(17)19)14-10-6-3-7-11-14/h2-11,15H,12H2,1H3,(H2,17,19)/t15-/m0/s1. The first kappa shape index (κ1) is 13.3. The Hall–Kier alpha value is -2.13. The number of carbonyl (C=O) groups is 1. The maximum Gasteiger partial charge on any atom is 0.239 e. The van der Waals surface area contributed by atoms with Gasteiger partial charge in [0.1, 0.15) is 6.04 Å². The van der Waals surface area contributed by atoms with Crippen molar-refractivity contribution in [3.8, 4) is 0 Å². The third kappa shape index (κ3) is 3.42. The Balaban J connectivity index is 2.18. The molecule has 98 valence electrons. The van der Waals surface area contributed by atoms with Crippen molar-refractivity contribution in [1.29, 1.82) is 0 Å². The van der Waals surface area contributed by atoms with Crippen LogP contribution in [-0.2, 0) is 11.3 Å². The third-order valence-electron chi connectivity index (χ3n) is 3.10. The normalized spacial score (nSPS) is 12.3. The molecule has 0 saturated heterocycles. The van der Waals surface area contributed by atoms with Gasteiger partial charge in [0, 0.05) is 6.54 Å². The highest BCUT2D eigenvalue weighted by Gasteiger charge is 2.22. The molecule has 2 aromatic carbocycles. The van der Waals surface area contributed by atoms with Crippen molar-refractivity contribution in [3.63, 3.8) is 0 Å². The molecule has 0 aliphatic heterocycles. The zero-order valence-electron chi connectivity index (χ0n) is 11.0. The summed E-state index contributed by atoms with van der Waals surface area (Å²) < 4.78 is 0. The molecular formula is C16H18N2O. The Kier molecular flexibility index (Phi) is 4.31. The summed E-state index contributed by atoms with van der Waals surface area (Å²) in [5.74, 6) is -0.329. The summed E-state index contributed by atoms with van der Waals surface area (Å²) in [5.41, 5.74) is 7.63. The second-order valence-corrected chi connectivity index (χ2v) is 4.62. The Morgan fingerprint density at radius 3 is 2.11 bits per heavy atom. The number of nitrogens with zero attached hydrogens (tertiary/aromatic N) is 1. The fourth-order valence-electron chi connectivity index (χ4n) is 2.23. The predicted octanol–water partition coefficient (Wildman–Crippen LogP) is 2.35. The average Bonchev–Trinajstić information content (AvgIpc) is 2.40. The molecule has 0 fully saturated rings. The van der Waals surface area contributed by atoms with Crippen LogP contribution in [0.5, 0.6) is 0 Å². The minimum Gasteiger partial charge on any atom is -0.368 e. The number of rotatable bonds is 5. The van der Waals surface area contributed by atoms with Crippen LogP contribution in [0.15, 0.2) is 60.7 Å². The van der Waals surface area contributed by atoms with E-state index in [1.54, 1.807) is 0 Å². The van der Waals surface area contributed by atoms with Crippen LogP contribution >= 0.6 is 0 Å². The third-order valence-corrected chi connectivity index (χ3v) is 3.10. The summed E-state index contributed by atoms with van der Waals surface area (Å²) in [7, 11) is 1.91. The molecule has 0 radical (unpaired) electrons. The first-order valence-electron chi connectivity index (χ1n) is 6.27. The lowest BCUT2D eigenvalue weighted by Gasteiger charge is -2.25. The minimum atomic E-state index is -0.401. The fraction of sp³-hybridized carbons (Fsp3) is 0.188. The van der Waals surface area contributed by atoms with Gasteiger partial charge in [0.05, 0.1) is 0 Å². The monoisotopic (exact) mass is 254 g/mol. The number of hydrogen-bond donors (Lipinski definition) is 1. The lowest BCUT2D eigenvalue weighted by Crippen LogP contribution is -2.34. The maximum absolute atomic E-state index is 11.7. The van der Waals surface area contributed by atoms with Gasteiger partial charge in [-0.15, -0.1) is 0 Å². The highest BCUT2D eigenvalue weighted by atomic mass is 16.1. The summed E-state index contributed by atoms with van der Waals surface area (Å²) in [6.07, 6.45) is 0. The Morgan fingerprint density at radius 2 is 1.58 bits per heavy atom. The molecule has 19 heavy (non-hydrogen) atoms. The van der Waals surface area contributed by atoms with Gasteiger partial charge in [0.2, 0.25) is 5.91 Å². The van der Waals surface area contributed by atoms with E-state index < -0.39 is 6.04 Å². The van der Waals surface area contributed by atoms with Crippen molar-refractivity contribution >= 4 is 5.91 Å². The molecule has 3 nitrogen and oxygen atoms in total. The molecule has 2 N–H and O–H groups in total. The first-order valence-corrected chi connectivity index (χ1v) is 6.27. The van der Waals surface area contributed by atoms with E-state index in [9.17, 15) is 4.79 Å². The molecule has 0 bridgehead atoms. The van der Waals surface area contributed by atoms with Crippen LogP contribution < -0.4 is 5.73 Å². The summed E-state index contributed by atoms with van der Waals surface area (Å²) in [5, 5.41) is 0. The highest BCUT2D eigenvalue weighted by molar-refractivity contribution is 5.81. The van der Waals surface area contributed by atoms with Crippen LogP contribution in [0.4, 0.5) is 0 Å². The van der Waals surface area contributed by atoms with E-state index in [2.05, 4.69) is 0 Å². The zero-order chi connectivity index (χ0) is 13.7. The van der Waals surface area contributed by atoms with Gasteiger partial charge in [0.25, 0.3) is 0 Å². The number of hydrogen-bond acceptors (Lipinski definition) is 2. The van der Waals surface area contributed by atoms with Gasteiger partial charge in [-0.2, -0.15) is 0 Å². The summed E-state index contributed by atoms with van der Waals surface area (Å²) in [4.78, 5) is 13.7. The average molecular weight is 254 g/mol. The van der Waals surface area contributed by atoms with Crippen LogP contribution in [0.3, 0.4) is 0 Å². The zero-order valence-corrected chi connectivity index (χ0v) is 11.0. The molecule has 1 atom stereocenters. The predicted molar refractivity (Wildman–Crippen MR) is 76.3 cm³/mol. The number of amides is 1. The summed E-state index contributed by atoms with van der Waals surface area (Å²) >= 11 is 0. The van der Waals surface area contributed by atoms with Gasteiger partial charge in [-0.3, -0.25) is 9.69 Å². The van der Waals surface area contributed by atoms with Gasteiger partial charge in [-0.1, -0.05) is 60.7 Å². The van der Waals surface area contributed by atoms with E-state index in [0.29, 0.717) is 6.54 Å². The number of likely N-dealkylation sites (N-methyl/N-ethyl adjacent to an activating group) is 1. The summed E-state index contributed by atoms with van der Waals surface area (Å²) in [6, 6.07) is 19.3. The molecule has 0 saturated carbocycles. The molecular weight excluding hydrogens is 236 g/mol. The van der Waals surface area contributed by atoms with E-state index >= 15 is 0 Å². The van der Waals surface area contributed by atoms with Gasteiger partial charge >= 0.3 is 0 Å². The van der Waals surface area contributed by atoms with Crippen molar-refractivity contribution in [3.05, 3.63) is 71.8 Å². The molecule has 2 rings (SSSR count). The lowest BCUT2D eigenvalue weighted by molar-refractivity contribution is -0.123. The van der Waals surface area contributed by atoms with E-state index in [1.165, 1.54) is 0 Å². The quantitative estimate of drug-likeness (QED) is 0.890.